The topological polar surface area (TPSA) is 49.8 Å². The summed E-state index contributed by atoms with van der Waals surface area (Å²) in [6, 6.07) is 5.39. The average Bonchev–Trinajstić information content (AvgIpc) is 2.01. The molecule has 2 N–H and O–H groups in total. The fraction of sp³-hybridized carbons (Fsp3) is 0.125. The van der Waals surface area contributed by atoms with Gasteiger partial charge in [-0.05, 0) is 30.0 Å². The lowest BCUT2D eigenvalue weighted by atomic mass is 10.2. The Morgan fingerprint density at radius 3 is 2.43 bits per heavy atom. The quantitative estimate of drug-likeness (QED) is 0.582. The maximum Gasteiger partial charge on any atom is 0.446 e. The minimum atomic E-state index is -4.33. The zero-order valence-electron chi connectivity index (χ0n) is 6.80. The van der Waals surface area contributed by atoms with Crippen molar-refractivity contribution in [3.05, 3.63) is 23.8 Å². The molecule has 0 bridgehead atoms. The molecule has 0 heterocycles. The molecule has 1 rings (SSSR count). The molecular formula is C8H5F3N2S. The summed E-state index contributed by atoms with van der Waals surface area (Å²) in [7, 11) is 0. The molecule has 0 aliphatic rings. The number of hydrogen-bond acceptors (Lipinski definition) is 3. The highest BCUT2D eigenvalue weighted by Crippen LogP contribution is 2.37. The number of nitriles is 1. The molecule has 0 aliphatic carbocycles. The van der Waals surface area contributed by atoms with Crippen LogP contribution < -0.4 is 5.73 Å². The molecule has 0 saturated carbocycles. The number of hydrogen-bond donors (Lipinski definition) is 1. The monoisotopic (exact) mass is 218 g/mol. The van der Waals surface area contributed by atoms with Gasteiger partial charge in [0, 0.05) is 4.90 Å². The lowest BCUT2D eigenvalue weighted by Gasteiger charge is -2.06. The van der Waals surface area contributed by atoms with Crippen LogP contribution in [0.25, 0.3) is 0 Å². The van der Waals surface area contributed by atoms with Crippen molar-refractivity contribution in [1.82, 2.24) is 0 Å². The number of alkyl halides is 3. The number of halogens is 3. The molecule has 74 valence electrons. The van der Waals surface area contributed by atoms with E-state index in [1.54, 1.807) is 6.07 Å². The van der Waals surface area contributed by atoms with Gasteiger partial charge in [0.1, 0.15) is 6.07 Å². The van der Waals surface area contributed by atoms with Gasteiger partial charge < -0.3 is 5.73 Å². The highest BCUT2D eigenvalue weighted by Gasteiger charge is 2.29. The summed E-state index contributed by atoms with van der Waals surface area (Å²) in [4.78, 5) is -0.0194. The van der Waals surface area contributed by atoms with Crippen molar-refractivity contribution in [3.63, 3.8) is 0 Å². The summed E-state index contributed by atoms with van der Waals surface area (Å²) in [5, 5.41) is 8.48. The molecule has 6 heteroatoms. The number of nitrogens with zero attached hydrogens (tertiary/aromatic N) is 1. The van der Waals surface area contributed by atoms with Crippen LogP contribution in [0, 0.1) is 11.3 Å². The van der Waals surface area contributed by atoms with Crippen LogP contribution in [0.3, 0.4) is 0 Å². The van der Waals surface area contributed by atoms with Crippen LogP contribution >= 0.6 is 11.8 Å². The number of thioether (sulfide) groups is 1. The van der Waals surface area contributed by atoms with Gasteiger partial charge in [0.25, 0.3) is 0 Å². The van der Waals surface area contributed by atoms with Gasteiger partial charge in [-0.2, -0.15) is 18.4 Å². The largest absolute Gasteiger partial charge is 0.446 e. The van der Waals surface area contributed by atoms with Crippen LogP contribution in [0.1, 0.15) is 5.56 Å². The number of nitrogens with two attached hydrogens (primary N) is 1. The molecule has 0 atom stereocenters. The van der Waals surface area contributed by atoms with E-state index in [-0.39, 0.29) is 27.9 Å². The first-order valence-corrected chi connectivity index (χ1v) is 4.29. The predicted molar refractivity (Wildman–Crippen MR) is 47.5 cm³/mol. The zero-order chi connectivity index (χ0) is 10.8. The molecule has 0 saturated heterocycles. The first-order valence-electron chi connectivity index (χ1n) is 3.48. The smallest absolute Gasteiger partial charge is 0.398 e. The molecule has 1 aromatic rings. The van der Waals surface area contributed by atoms with E-state index >= 15 is 0 Å². The first kappa shape index (κ1) is 10.7. The Morgan fingerprint density at radius 2 is 2.00 bits per heavy atom. The third-order valence-electron chi connectivity index (χ3n) is 1.38. The van der Waals surface area contributed by atoms with Crippen LogP contribution in [0.4, 0.5) is 18.9 Å². The number of anilines is 1. The molecule has 1 aromatic carbocycles. The highest BCUT2D eigenvalue weighted by molar-refractivity contribution is 8.00. The minimum Gasteiger partial charge on any atom is -0.398 e. The molecule has 2 nitrogen and oxygen atoms in total. The van der Waals surface area contributed by atoms with Gasteiger partial charge >= 0.3 is 5.51 Å². The molecule has 14 heavy (non-hydrogen) atoms. The predicted octanol–water partition coefficient (Wildman–Crippen LogP) is 2.75. The average molecular weight is 218 g/mol. The van der Waals surface area contributed by atoms with Crippen LogP contribution in [-0.4, -0.2) is 5.51 Å². The Morgan fingerprint density at radius 1 is 1.36 bits per heavy atom. The Bertz CT molecular complexity index is 381. The third kappa shape index (κ3) is 2.85. The van der Waals surface area contributed by atoms with Crippen molar-refractivity contribution in [1.29, 1.82) is 5.26 Å². The zero-order valence-corrected chi connectivity index (χ0v) is 7.62. The molecule has 0 amide bonds. The van der Waals surface area contributed by atoms with Crippen LogP contribution in [0.2, 0.25) is 0 Å². The van der Waals surface area contributed by atoms with E-state index in [4.69, 9.17) is 11.0 Å². The van der Waals surface area contributed by atoms with E-state index in [9.17, 15) is 13.2 Å². The Balaban J connectivity index is 2.94. The Labute approximate surface area is 82.5 Å². The van der Waals surface area contributed by atoms with Gasteiger partial charge in [-0.25, -0.2) is 0 Å². The number of rotatable bonds is 1. The van der Waals surface area contributed by atoms with Crippen LogP contribution in [-0.2, 0) is 0 Å². The van der Waals surface area contributed by atoms with E-state index in [0.29, 0.717) is 0 Å². The van der Waals surface area contributed by atoms with Crippen molar-refractivity contribution < 1.29 is 13.2 Å². The second-order valence-electron chi connectivity index (χ2n) is 2.41. The van der Waals surface area contributed by atoms with Gasteiger partial charge in [0.2, 0.25) is 0 Å². The number of nitrogen functional groups attached to an aromatic ring is 1. The molecule has 0 unspecified atom stereocenters. The number of benzene rings is 1. The van der Waals surface area contributed by atoms with Gasteiger partial charge in [0.15, 0.2) is 0 Å². The van der Waals surface area contributed by atoms with E-state index in [0.717, 1.165) is 6.07 Å². The van der Waals surface area contributed by atoms with Crippen LogP contribution in [0.15, 0.2) is 23.1 Å². The van der Waals surface area contributed by atoms with Crippen molar-refractivity contribution in [2.24, 2.45) is 0 Å². The molecular weight excluding hydrogens is 213 g/mol. The standard InChI is InChI=1S/C8H5F3N2S/c9-8(10,11)14-6-2-1-5(4-12)7(13)3-6/h1-3H,13H2. The summed E-state index contributed by atoms with van der Waals surface area (Å²) in [5.41, 5.74) is 1.25. The summed E-state index contributed by atoms with van der Waals surface area (Å²) >= 11 is -0.255. The maximum atomic E-state index is 11.9. The molecule has 0 fully saturated rings. The van der Waals surface area contributed by atoms with Gasteiger partial charge in [-0.15, -0.1) is 0 Å². The maximum absolute atomic E-state index is 11.9. The second-order valence-corrected chi connectivity index (χ2v) is 3.55. The van der Waals surface area contributed by atoms with E-state index in [1.165, 1.54) is 12.1 Å². The molecule has 0 spiro atoms. The SMILES string of the molecule is N#Cc1ccc(SC(F)(F)F)cc1N. The summed E-state index contributed by atoms with van der Waals surface area (Å²) in [5.74, 6) is 0. The third-order valence-corrected chi connectivity index (χ3v) is 2.10. The van der Waals surface area contributed by atoms with Gasteiger partial charge in [-0.1, -0.05) is 0 Å². The molecule has 0 radical (unpaired) electrons. The summed E-state index contributed by atoms with van der Waals surface area (Å²) < 4.78 is 35.7. The van der Waals surface area contributed by atoms with Gasteiger partial charge in [-0.3, -0.25) is 0 Å². The summed E-state index contributed by atoms with van der Waals surface area (Å²) in [6.45, 7) is 0. The van der Waals surface area contributed by atoms with E-state index in [2.05, 4.69) is 0 Å². The Hall–Kier alpha value is -1.35. The Kier molecular flexibility index (Phi) is 2.91. The second kappa shape index (κ2) is 3.80. The lowest BCUT2D eigenvalue weighted by molar-refractivity contribution is -0.0328. The first-order chi connectivity index (χ1) is 6.42. The summed E-state index contributed by atoms with van der Waals surface area (Å²) in [6.07, 6.45) is 0. The van der Waals surface area contributed by atoms with Crippen molar-refractivity contribution in [3.8, 4) is 6.07 Å². The van der Waals surface area contributed by atoms with Gasteiger partial charge in [0.05, 0.1) is 11.3 Å². The minimum absolute atomic E-state index is 0.0194. The van der Waals surface area contributed by atoms with Crippen LogP contribution in [0.5, 0.6) is 0 Å². The fourth-order valence-corrected chi connectivity index (χ4v) is 1.43. The van der Waals surface area contributed by atoms with Crippen molar-refractivity contribution >= 4 is 17.4 Å². The van der Waals surface area contributed by atoms with E-state index < -0.39 is 5.51 Å². The van der Waals surface area contributed by atoms with E-state index in [1.807, 2.05) is 0 Å². The highest BCUT2D eigenvalue weighted by atomic mass is 32.2. The van der Waals surface area contributed by atoms with Crippen molar-refractivity contribution in [2.75, 3.05) is 5.73 Å². The molecule has 0 aromatic heterocycles. The van der Waals surface area contributed by atoms with Crippen molar-refractivity contribution in [2.45, 2.75) is 10.4 Å². The lowest BCUT2D eigenvalue weighted by Crippen LogP contribution is -1.99. The fourth-order valence-electron chi connectivity index (χ4n) is 0.840. The normalized spacial score (nSPS) is 11.0. The molecule has 0 aliphatic heterocycles.